The maximum absolute atomic E-state index is 12.1. The summed E-state index contributed by atoms with van der Waals surface area (Å²) < 4.78 is 10.6. The maximum atomic E-state index is 12.1. The average molecular weight is 374 g/mol. The summed E-state index contributed by atoms with van der Waals surface area (Å²) in [6.45, 7) is 0. The third kappa shape index (κ3) is 3.93. The monoisotopic (exact) mass is 374 g/mol. The van der Waals surface area contributed by atoms with Gasteiger partial charge in [0.15, 0.2) is 0 Å². The molecule has 0 unspecified atom stereocenters. The van der Waals surface area contributed by atoms with Gasteiger partial charge in [-0.05, 0) is 35.4 Å². The molecule has 0 saturated carbocycles. The Kier molecular flexibility index (Phi) is 4.88. The largest absolute Gasteiger partial charge is 0.497 e. The van der Waals surface area contributed by atoms with E-state index >= 15 is 0 Å². The van der Waals surface area contributed by atoms with Crippen LogP contribution in [0, 0.1) is 0 Å². The number of hydrogen-bond donors (Lipinski definition) is 2. The number of rotatable bonds is 6. The molecule has 2 N–H and O–H groups in total. The number of methoxy groups -OCH3 is 1. The number of amides is 1. The Morgan fingerprint density at radius 1 is 1.18 bits per heavy atom. The quantitative estimate of drug-likeness (QED) is 0.501. The summed E-state index contributed by atoms with van der Waals surface area (Å²) in [5, 5.41) is 11.6. The van der Waals surface area contributed by atoms with Crippen molar-refractivity contribution in [2.24, 2.45) is 0 Å². The van der Waals surface area contributed by atoms with E-state index < -0.39 is 0 Å². The molecule has 0 atom stereocenters. The molecule has 0 aliphatic rings. The van der Waals surface area contributed by atoms with Crippen LogP contribution in [0.5, 0.6) is 5.75 Å². The minimum atomic E-state index is -0.349. The van der Waals surface area contributed by atoms with Crippen LogP contribution in [-0.2, 0) is 11.2 Å². The molecule has 7 nitrogen and oxygen atoms in total. The van der Waals surface area contributed by atoms with Crippen molar-refractivity contribution in [2.45, 2.75) is 6.42 Å². The zero-order valence-electron chi connectivity index (χ0n) is 15.2. The highest BCUT2D eigenvalue weighted by atomic mass is 16.5. The van der Waals surface area contributed by atoms with Crippen LogP contribution < -0.4 is 10.1 Å². The smallest absolute Gasteiger partial charge is 0.322 e. The van der Waals surface area contributed by atoms with Gasteiger partial charge in [0, 0.05) is 23.2 Å². The highest BCUT2D eigenvalue weighted by Crippen LogP contribution is 2.21. The second-order valence-electron chi connectivity index (χ2n) is 6.13. The number of aromatic nitrogens is 3. The number of benzene rings is 2. The fraction of sp³-hybridized carbons (Fsp3) is 0.0952. The first-order chi connectivity index (χ1) is 13.7. The number of H-pyrrole nitrogens is 1. The van der Waals surface area contributed by atoms with E-state index in [2.05, 4.69) is 20.5 Å². The summed E-state index contributed by atoms with van der Waals surface area (Å²) in [5.74, 6) is 0.840. The maximum Gasteiger partial charge on any atom is 0.322 e. The molecule has 7 heteroatoms. The van der Waals surface area contributed by atoms with Crippen molar-refractivity contribution in [3.63, 3.8) is 0 Å². The molecular weight excluding hydrogens is 356 g/mol. The van der Waals surface area contributed by atoms with Crippen molar-refractivity contribution < 1.29 is 13.9 Å². The van der Waals surface area contributed by atoms with E-state index in [9.17, 15) is 4.79 Å². The lowest BCUT2D eigenvalue weighted by molar-refractivity contribution is -0.112. The molecule has 0 spiro atoms. The van der Waals surface area contributed by atoms with Gasteiger partial charge in [0.05, 0.1) is 13.5 Å². The molecule has 0 radical (unpaired) electrons. The van der Waals surface area contributed by atoms with Crippen LogP contribution in [0.4, 0.5) is 6.01 Å². The Morgan fingerprint density at radius 2 is 2.00 bits per heavy atom. The van der Waals surface area contributed by atoms with Gasteiger partial charge in [-0.1, -0.05) is 35.4 Å². The summed E-state index contributed by atoms with van der Waals surface area (Å²) in [6.07, 6.45) is 5.50. The third-order valence-corrected chi connectivity index (χ3v) is 4.26. The number of nitrogens with zero attached hydrogens (tertiary/aromatic N) is 2. The molecule has 2 aromatic heterocycles. The molecule has 1 amide bonds. The Hall–Kier alpha value is -3.87. The number of anilines is 1. The van der Waals surface area contributed by atoms with Crippen LogP contribution in [-0.4, -0.2) is 28.2 Å². The number of ether oxygens (including phenoxy) is 1. The van der Waals surface area contributed by atoms with Crippen molar-refractivity contribution in [2.75, 3.05) is 12.4 Å². The predicted octanol–water partition coefficient (Wildman–Crippen LogP) is 3.80. The number of hydrogen-bond acceptors (Lipinski definition) is 5. The van der Waals surface area contributed by atoms with Crippen LogP contribution >= 0.6 is 0 Å². The summed E-state index contributed by atoms with van der Waals surface area (Å²) in [4.78, 5) is 15.3. The van der Waals surface area contributed by atoms with Gasteiger partial charge in [-0.3, -0.25) is 10.1 Å². The lowest BCUT2D eigenvalue weighted by Gasteiger charge is -1.99. The van der Waals surface area contributed by atoms with Crippen molar-refractivity contribution in [1.29, 1.82) is 0 Å². The van der Waals surface area contributed by atoms with E-state index in [-0.39, 0.29) is 11.9 Å². The van der Waals surface area contributed by atoms with Crippen LogP contribution in [0.3, 0.4) is 0 Å². The molecule has 2 aromatic carbocycles. The number of nitrogens with one attached hydrogen (secondary N) is 2. The lowest BCUT2D eigenvalue weighted by atomic mass is 10.1. The van der Waals surface area contributed by atoms with Crippen LogP contribution in [0.1, 0.15) is 17.0 Å². The molecule has 4 rings (SSSR count). The van der Waals surface area contributed by atoms with Crippen molar-refractivity contribution in [1.82, 2.24) is 15.2 Å². The Balaban J connectivity index is 1.38. The van der Waals surface area contributed by atoms with Crippen LogP contribution in [0.2, 0.25) is 0 Å². The van der Waals surface area contributed by atoms with Crippen LogP contribution in [0.15, 0.2) is 65.2 Å². The normalized spacial score (nSPS) is 11.2. The molecular formula is C21H18N4O3. The average Bonchev–Trinajstić information content (AvgIpc) is 3.34. The Labute approximate surface area is 161 Å². The van der Waals surface area contributed by atoms with E-state index in [1.54, 1.807) is 13.2 Å². The summed E-state index contributed by atoms with van der Waals surface area (Å²) >= 11 is 0. The summed E-state index contributed by atoms with van der Waals surface area (Å²) in [5.41, 5.74) is 2.98. The molecule has 4 aromatic rings. The first kappa shape index (κ1) is 17.5. The van der Waals surface area contributed by atoms with Crippen LogP contribution in [0.25, 0.3) is 17.0 Å². The standard InChI is InChI=1S/C21H18N4O3/c1-27-16-9-6-14(7-10-16)8-11-19(26)23-21-25-24-20(28-21)12-15-13-22-18-5-3-2-4-17(15)18/h2-11,13,22H,12H2,1H3,(H,23,25,26)/b11-8+. The number of aromatic amines is 1. The highest BCUT2D eigenvalue weighted by Gasteiger charge is 2.11. The Morgan fingerprint density at radius 3 is 2.82 bits per heavy atom. The first-order valence-corrected chi connectivity index (χ1v) is 8.72. The number of carbonyl (C=O) groups is 1. The topological polar surface area (TPSA) is 93.0 Å². The van der Waals surface area contributed by atoms with Gasteiger partial charge in [-0.2, -0.15) is 0 Å². The fourth-order valence-corrected chi connectivity index (χ4v) is 2.85. The second-order valence-corrected chi connectivity index (χ2v) is 6.13. The molecule has 0 saturated heterocycles. The van der Waals surface area contributed by atoms with E-state index in [1.165, 1.54) is 6.08 Å². The van der Waals surface area contributed by atoms with Gasteiger partial charge >= 0.3 is 6.01 Å². The second kappa shape index (κ2) is 7.79. The summed E-state index contributed by atoms with van der Waals surface area (Å²) in [7, 11) is 1.61. The molecule has 0 bridgehead atoms. The van der Waals surface area contributed by atoms with Gasteiger partial charge in [-0.25, -0.2) is 0 Å². The van der Waals surface area contributed by atoms with Crippen molar-refractivity contribution in [3.05, 3.63) is 77.8 Å². The van der Waals surface area contributed by atoms with Crippen molar-refractivity contribution >= 4 is 28.9 Å². The molecule has 140 valence electrons. The van der Waals surface area contributed by atoms with Gasteiger partial charge in [0.25, 0.3) is 5.91 Å². The highest BCUT2D eigenvalue weighted by molar-refractivity contribution is 6.00. The summed E-state index contributed by atoms with van der Waals surface area (Å²) in [6, 6.07) is 15.4. The molecule has 0 aliphatic carbocycles. The van der Waals surface area contributed by atoms with Gasteiger partial charge < -0.3 is 14.1 Å². The zero-order chi connectivity index (χ0) is 19.3. The van der Waals surface area contributed by atoms with Gasteiger partial charge in [-0.15, -0.1) is 5.10 Å². The van der Waals surface area contributed by atoms with E-state index in [0.29, 0.717) is 12.3 Å². The third-order valence-electron chi connectivity index (χ3n) is 4.26. The van der Waals surface area contributed by atoms with Gasteiger partial charge in [0.1, 0.15) is 5.75 Å². The van der Waals surface area contributed by atoms with Crippen molar-refractivity contribution in [3.8, 4) is 5.75 Å². The molecule has 2 heterocycles. The molecule has 28 heavy (non-hydrogen) atoms. The SMILES string of the molecule is COc1ccc(/C=C/C(=O)Nc2nnc(Cc3c[nH]c4ccccc34)o2)cc1. The van der Waals surface area contributed by atoms with Gasteiger partial charge in [0.2, 0.25) is 5.89 Å². The number of fused-ring (bicyclic) bond motifs is 1. The van der Waals surface area contributed by atoms with E-state index in [4.69, 9.17) is 9.15 Å². The molecule has 0 fully saturated rings. The minimum Gasteiger partial charge on any atom is -0.497 e. The first-order valence-electron chi connectivity index (χ1n) is 8.72. The van der Waals surface area contributed by atoms with E-state index in [0.717, 1.165) is 27.8 Å². The fourth-order valence-electron chi connectivity index (χ4n) is 2.85. The number of para-hydroxylation sites is 1. The zero-order valence-corrected chi connectivity index (χ0v) is 15.2. The number of carbonyl (C=O) groups excluding carboxylic acids is 1. The van der Waals surface area contributed by atoms with E-state index in [1.807, 2.05) is 54.7 Å². The minimum absolute atomic E-state index is 0.0687. The molecule has 0 aliphatic heterocycles. The predicted molar refractivity (Wildman–Crippen MR) is 106 cm³/mol. The lowest BCUT2D eigenvalue weighted by Crippen LogP contribution is -2.07. The Bertz CT molecular complexity index is 1130.